The molecule has 0 aromatic rings. The molecule has 0 radical (unpaired) electrons. The highest BCUT2D eigenvalue weighted by molar-refractivity contribution is 5.87. The number of carboxylic acid groups (broad SMARTS) is 1. The van der Waals surface area contributed by atoms with Crippen LogP contribution >= 0.6 is 0 Å². The van der Waals surface area contributed by atoms with Crippen LogP contribution in [0.4, 0.5) is 0 Å². The van der Waals surface area contributed by atoms with Crippen molar-refractivity contribution in [3.8, 4) is 0 Å². The zero-order valence-electron chi connectivity index (χ0n) is 8.58. The summed E-state index contributed by atoms with van der Waals surface area (Å²) in [6, 6.07) is -0.641. The van der Waals surface area contributed by atoms with Crippen LogP contribution in [0, 0.1) is 0 Å². The van der Waals surface area contributed by atoms with Crippen molar-refractivity contribution >= 4 is 11.9 Å². The van der Waals surface area contributed by atoms with Gasteiger partial charge >= 0.3 is 5.97 Å². The molecule has 4 N–H and O–H groups in total. The number of piperazine rings is 1. The Morgan fingerprint density at radius 1 is 1.20 bits per heavy atom. The Morgan fingerprint density at radius 2 is 1.73 bits per heavy atom. The van der Waals surface area contributed by atoms with Crippen molar-refractivity contribution in [1.29, 1.82) is 0 Å². The van der Waals surface area contributed by atoms with Crippen molar-refractivity contribution < 1.29 is 14.7 Å². The van der Waals surface area contributed by atoms with Gasteiger partial charge in [-0.15, -0.1) is 0 Å². The first-order chi connectivity index (χ1) is 7.20. The molecule has 2 aliphatic rings. The van der Waals surface area contributed by atoms with E-state index in [0.717, 1.165) is 26.2 Å². The Balaban J connectivity index is 0.000000162. The second-order valence-corrected chi connectivity index (χ2v) is 3.50. The lowest BCUT2D eigenvalue weighted by Crippen LogP contribution is -2.39. The molecule has 6 nitrogen and oxygen atoms in total. The van der Waals surface area contributed by atoms with Crippen LogP contribution in [-0.2, 0) is 9.59 Å². The first-order valence-electron chi connectivity index (χ1n) is 5.14. The number of carbonyl (C=O) groups excluding carboxylic acids is 1. The van der Waals surface area contributed by atoms with Crippen LogP contribution < -0.4 is 16.0 Å². The van der Waals surface area contributed by atoms with Gasteiger partial charge < -0.3 is 21.1 Å². The van der Waals surface area contributed by atoms with E-state index in [2.05, 4.69) is 16.0 Å². The molecular formula is C9H17N3O3. The van der Waals surface area contributed by atoms with E-state index < -0.39 is 12.0 Å². The molecule has 2 aliphatic heterocycles. The van der Waals surface area contributed by atoms with Gasteiger partial charge in [-0.3, -0.25) is 4.79 Å². The summed E-state index contributed by atoms with van der Waals surface area (Å²) in [7, 11) is 0. The fourth-order valence-corrected chi connectivity index (χ4v) is 1.40. The summed E-state index contributed by atoms with van der Waals surface area (Å²) < 4.78 is 0. The zero-order chi connectivity index (χ0) is 11.1. The predicted octanol–water partition coefficient (Wildman–Crippen LogP) is -1.47. The Hall–Kier alpha value is -1.14. The van der Waals surface area contributed by atoms with Crippen molar-refractivity contribution in [2.45, 2.75) is 18.9 Å². The molecular weight excluding hydrogens is 198 g/mol. The molecule has 0 aromatic carbocycles. The molecule has 1 atom stereocenters. The van der Waals surface area contributed by atoms with Gasteiger partial charge in [-0.2, -0.15) is 0 Å². The number of hydrogen-bond donors (Lipinski definition) is 4. The average Bonchev–Trinajstić information content (AvgIpc) is 2.69. The Kier molecular flexibility index (Phi) is 5.06. The van der Waals surface area contributed by atoms with Gasteiger partial charge in [0, 0.05) is 32.6 Å². The number of carboxylic acids is 1. The zero-order valence-corrected chi connectivity index (χ0v) is 8.58. The summed E-state index contributed by atoms with van der Waals surface area (Å²) in [4.78, 5) is 20.5. The van der Waals surface area contributed by atoms with Crippen LogP contribution in [0.3, 0.4) is 0 Å². The molecule has 2 heterocycles. The maximum absolute atomic E-state index is 10.4. The monoisotopic (exact) mass is 215 g/mol. The molecule has 0 bridgehead atoms. The van der Waals surface area contributed by atoms with E-state index >= 15 is 0 Å². The van der Waals surface area contributed by atoms with E-state index in [1.165, 1.54) is 0 Å². The molecule has 6 heteroatoms. The molecule has 0 spiro atoms. The van der Waals surface area contributed by atoms with Gasteiger partial charge in [-0.25, -0.2) is 4.79 Å². The lowest BCUT2D eigenvalue weighted by Gasteiger charge is -2.11. The minimum absolute atomic E-state index is 0.164. The van der Waals surface area contributed by atoms with Crippen LogP contribution in [0.2, 0.25) is 0 Å². The summed E-state index contributed by atoms with van der Waals surface area (Å²) in [6.07, 6.45) is 0.769. The first-order valence-corrected chi connectivity index (χ1v) is 5.14. The summed E-state index contributed by atoms with van der Waals surface area (Å²) >= 11 is 0. The number of rotatable bonds is 1. The van der Waals surface area contributed by atoms with Crippen LogP contribution in [0.25, 0.3) is 0 Å². The van der Waals surface area contributed by atoms with E-state index in [9.17, 15) is 9.59 Å². The molecule has 15 heavy (non-hydrogen) atoms. The predicted molar refractivity (Wildman–Crippen MR) is 54.5 cm³/mol. The third-order valence-corrected chi connectivity index (χ3v) is 2.25. The fourth-order valence-electron chi connectivity index (χ4n) is 1.40. The highest BCUT2D eigenvalue weighted by Gasteiger charge is 2.26. The number of amides is 1. The van der Waals surface area contributed by atoms with E-state index in [0.29, 0.717) is 12.8 Å². The average molecular weight is 215 g/mol. The Labute approximate surface area is 88.4 Å². The lowest BCUT2D eigenvalue weighted by molar-refractivity contribution is -0.140. The maximum Gasteiger partial charge on any atom is 0.326 e. The summed E-state index contributed by atoms with van der Waals surface area (Å²) in [5, 5.41) is 17.1. The van der Waals surface area contributed by atoms with Crippen LogP contribution in [0.15, 0.2) is 0 Å². The van der Waals surface area contributed by atoms with Crippen molar-refractivity contribution in [3.05, 3.63) is 0 Å². The molecule has 2 rings (SSSR count). The van der Waals surface area contributed by atoms with Crippen molar-refractivity contribution in [2.24, 2.45) is 0 Å². The number of hydrogen-bond acceptors (Lipinski definition) is 4. The minimum atomic E-state index is -0.944. The summed E-state index contributed by atoms with van der Waals surface area (Å²) in [6.45, 7) is 4.56. The third-order valence-electron chi connectivity index (χ3n) is 2.25. The van der Waals surface area contributed by atoms with E-state index in [4.69, 9.17) is 5.11 Å². The van der Waals surface area contributed by atoms with Crippen LogP contribution in [-0.4, -0.2) is 49.2 Å². The maximum atomic E-state index is 10.4. The second-order valence-electron chi connectivity index (χ2n) is 3.50. The Morgan fingerprint density at radius 3 is 1.93 bits per heavy atom. The number of carbonyl (C=O) groups is 2. The molecule has 1 unspecified atom stereocenters. The standard InChI is InChI=1S/C5H7NO3.C4H10N2/c7-4-2-1-3(6-4)5(8)9;1-2-6-4-3-5-1/h3H,1-2H2,(H,6,7)(H,8,9);5-6H,1-4H2. The summed E-state index contributed by atoms with van der Waals surface area (Å²) in [5.41, 5.74) is 0. The van der Waals surface area contributed by atoms with Gasteiger partial charge in [0.2, 0.25) is 5.91 Å². The van der Waals surface area contributed by atoms with Gasteiger partial charge in [-0.1, -0.05) is 0 Å². The molecule has 2 saturated heterocycles. The minimum Gasteiger partial charge on any atom is -0.480 e. The molecule has 2 fully saturated rings. The molecule has 0 saturated carbocycles. The fraction of sp³-hybridized carbons (Fsp3) is 0.778. The third kappa shape index (κ3) is 4.75. The lowest BCUT2D eigenvalue weighted by atomic mass is 10.2. The largest absolute Gasteiger partial charge is 0.480 e. The summed E-state index contributed by atoms with van der Waals surface area (Å²) in [5.74, 6) is -1.11. The highest BCUT2D eigenvalue weighted by Crippen LogP contribution is 2.05. The second kappa shape index (κ2) is 6.36. The quantitative estimate of drug-likeness (QED) is 0.429. The van der Waals surface area contributed by atoms with Crippen molar-refractivity contribution in [1.82, 2.24) is 16.0 Å². The molecule has 86 valence electrons. The van der Waals surface area contributed by atoms with Crippen molar-refractivity contribution in [3.63, 3.8) is 0 Å². The molecule has 1 amide bonds. The first kappa shape index (κ1) is 11.9. The van der Waals surface area contributed by atoms with Gasteiger partial charge in [0.05, 0.1) is 0 Å². The van der Waals surface area contributed by atoms with Gasteiger partial charge in [0.25, 0.3) is 0 Å². The SMILES string of the molecule is C1CNCCN1.O=C1CCC(C(=O)O)N1. The topological polar surface area (TPSA) is 90.5 Å². The van der Waals surface area contributed by atoms with E-state index in [-0.39, 0.29) is 5.91 Å². The van der Waals surface area contributed by atoms with Gasteiger partial charge in [-0.05, 0) is 6.42 Å². The highest BCUT2D eigenvalue weighted by atomic mass is 16.4. The molecule has 0 aliphatic carbocycles. The van der Waals surface area contributed by atoms with Gasteiger partial charge in [0.1, 0.15) is 6.04 Å². The van der Waals surface area contributed by atoms with E-state index in [1.54, 1.807) is 0 Å². The number of aliphatic carboxylic acids is 1. The molecule has 0 aromatic heterocycles. The normalized spacial score (nSPS) is 25.1. The van der Waals surface area contributed by atoms with Gasteiger partial charge in [0.15, 0.2) is 0 Å². The van der Waals surface area contributed by atoms with E-state index in [1.807, 2.05) is 0 Å². The van der Waals surface area contributed by atoms with Crippen LogP contribution in [0.5, 0.6) is 0 Å². The smallest absolute Gasteiger partial charge is 0.326 e. The van der Waals surface area contributed by atoms with Crippen LogP contribution in [0.1, 0.15) is 12.8 Å². The van der Waals surface area contributed by atoms with Crippen molar-refractivity contribution in [2.75, 3.05) is 26.2 Å². The number of nitrogens with one attached hydrogen (secondary N) is 3. The Bertz CT molecular complexity index is 217.